The zero-order chi connectivity index (χ0) is 34.9. The van der Waals surface area contributed by atoms with Gasteiger partial charge in [0.25, 0.3) is 0 Å². The molecule has 47 heavy (non-hydrogen) atoms. The lowest BCUT2D eigenvalue weighted by Crippen LogP contribution is -2.46. The van der Waals surface area contributed by atoms with Crippen LogP contribution in [0.3, 0.4) is 0 Å². The predicted octanol–water partition coefficient (Wildman–Crippen LogP) is 8.58. The van der Waals surface area contributed by atoms with E-state index in [9.17, 15) is 24.5 Å². The van der Waals surface area contributed by atoms with Gasteiger partial charge in [0.05, 0.1) is 37.9 Å². The van der Waals surface area contributed by atoms with Crippen molar-refractivity contribution in [2.45, 2.75) is 173 Å². The Labute approximate surface area is 287 Å². The Kier molecular flexibility index (Phi) is 32.3. The van der Waals surface area contributed by atoms with Crippen LogP contribution in [0.4, 0.5) is 0 Å². The van der Waals surface area contributed by atoms with E-state index in [1.807, 2.05) is 6.08 Å². The van der Waals surface area contributed by atoms with Gasteiger partial charge in [-0.05, 0) is 51.4 Å². The van der Waals surface area contributed by atoms with Crippen molar-refractivity contribution in [3.63, 3.8) is 0 Å². The number of phosphoric ester groups is 1. The average molecular weight is 687 g/mol. The third kappa shape index (κ3) is 31.7. The van der Waals surface area contributed by atoms with Crippen LogP contribution in [0.1, 0.15) is 155 Å². The number of carbonyl (C=O) groups is 1. The first kappa shape index (κ1) is 45.7. The smallest absolute Gasteiger partial charge is 0.393 e. The Morgan fingerprint density at radius 1 is 0.723 bits per heavy atom. The van der Waals surface area contributed by atoms with Gasteiger partial charge in [-0.1, -0.05) is 134 Å². The minimum atomic E-state index is -4.40. The molecule has 4 atom stereocenters. The molecule has 10 heteroatoms. The van der Waals surface area contributed by atoms with Gasteiger partial charge >= 0.3 is 7.82 Å². The zero-order valence-corrected chi connectivity index (χ0v) is 30.8. The number of unbranched alkanes of at least 4 members (excludes halogenated alkanes) is 16. The first-order valence-corrected chi connectivity index (χ1v) is 20.2. The fourth-order valence-corrected chi connectivity index (χ4v) is 5.87. The van der Waals surface area contributed by atoms with Crippen LogP contribution in [0.2, 0.25) is 0 Å². The van der Waals surface area contributed by atoms with Gasteiger partial charge in [-0.15, -0.1) is 0 Å². The summed E-state index contributed by atoms with van der Waals surface area (Å²) in [7, 11) is -4.40. The van der Waals surface area contributed by atoms with E-state index in [4.69, 9.17) is 14.8 Å². The van der Waals surface area contributed by atoms with E-state index in [2.05, 4.69) is 43.5 Å². The molecule has 0 fully saturated rings. The standard InChI is InChI=1S/C37H71N2O7P/c1-3-5-7-9-11-13-14-15-16-17-18-19-20-21-23-25-27-29-36(41)35(33-46-47(43,44)45-31-30-38)39-37(42)32-34(40)28-26-24-22-12-10-8-6-4-2/h10,12,20-21,27,29,34-36,40-41H,3-9,11,13-19,22-26,28,30-33,38H2,1-2H3,(H,39,42)(H,43,44)/b12-10-,21-20+,29-27+. The number of rotatable bonds is 34. The highest BCUT2D eigenvalue weighted by Gasteiger charge is 2.27. The molecule has 0 aliphatic carbocycles. The van der Waals surface area contributed by atoms with E-state index in [0.717, 1.165) is 38.5 Å². The molecule has 0 spiro atoms. The summed E-state index contributed by atoms with van der Waals surface area (Å²) in [6, 6.07) is -1.00. The van der Waals surface area contributed by atoms with Crippen molar-refractivity contribution >= 4 is 13.7 Å². The summed E-state index contributed by atoms with van der Waals surface area (Å²) in [6.07, 6.45) is 33.9. The minimum Gasteiger partial charge on any atom is -0.393 e. The summed E-state index contributed by atoms with van der Waals surface area (Å²) in [4.78, 5) is 22.6. The van der Waals surface area contributed by atoms with Crippen LogP contribution in [-0.4, -0.2) is 59.0 Å². The lowest BCUT2D eigenvalue weighted by molar-refractivity contribution is -0.124. The van der Waals surface area contributed by atoms with Gasteiger partial charge in [-0.2, -0.15) is 0 Å². The van der Waals surface area contributed by atoms with Crippen molar-refractivity contribution in [1.82, 2.24) is 5.32 Å². The van der Waals surface area contributed by atoms with Crippen molar-refractivity contribution in [1.29, 1.82) is 0 Å². The Balaban J connectivity index is 4.49. The number of amides is 1. The maximum absolute atomic E-state index is 12.7. The number of hydrogen-bond acceptors (Lipinski definition) is 7. The topological polar surface area (TPSA) is 151 Å². The summed E-state index contributed by atoms with van der Waals surface area (Å²) in [5, 5.41) is 23.8. The molecule has 0 aromatic rings. The highest BCUT2D eigenvalue weighted by Crippen LogP contribution is 2.43. The maximum Gasteiger partial charge on any atom is 0.472 e. The van der Waals surface area contributed by atoms with Crippen LogP contribution in [0.25, 0.3) is 0 Å². The molecular weight excluding hydrogens is 615 g/mol. The first-order chi connectivity index (χ1) is 22.8. The molecule has 1 amide bonds. The quantitative estimate of drug-likeness (QED) is 0.0257. The van der Waals surface area contributed by atoms with Crippen LogP contribution >= 0.6 is 7.82 Å². The summed E-state index contributed by atoms with van der Waals surface area (Å²) in [5.41, 5.74) is 5.33. The Morgan fingerprint density at radius 3 is 1.83 bits per heavy atom. The number of phosphoric acid groups is 1. The maximum atomic E-state index is 12.7. The van der Waals surface area contributed by atoms with Crippen molar-refractivity contribution in [3.8, 4) is 0 Å². The highest BCUT2D eigenvalue weighted by atomic mass is 31.2. The Bertz CT molecular complexity index is 853. The Hall–Kier alpha value is -1.32. The summed E-state index contributed by atoms with van der Waals surface area (Å²) >= 11 is 0. The number of hydrogen-bond donors (Lipinski definition) is 5. The van der Waals surface area contributed by atoms with Crippen LogP contribution in [-0.2, 0) is 18.4 Å². The first-order valence-electron chi connectivity index (χ1n) is 18.7. The number of aliphatic hydroxyl groups excluding tert-OH is 2. The predicted molar refractivity (Wildman–Crippen MR) is 195 cm³/mol. The summed E-state index contributed by atoms with van der Waals surface area (Å²) < 4.78 is 21.9. The molecule has 0 aromatic heterocycles. The molecule has 0 rings (SSSR count). The van der Waals surface area contributed by atoms with Gasteiger partial charge in [-0.25, -0.2) is 4.57 Å². The minimum absolute atomic E-state index is 0.0419. The fourth-order valence-electron chi connectivity index (χ4n) is 5.11. The second-order valence-electron chi connectivity index (χ2n) is 12.6. The SMILES string of the molecule is CCCC/C=C\CCCCC(O)CC(=O)NC(COP(=O)(O)OCCN)C(O)/C=C/CC/C=C/CCCCCCCCCCCCC. The van der Waals surface area contributed by atoms with Gasteiger partial charge in [0.1, 0.15) is 0 Å². The molecule has 4 unspecified atom stereocenters. The van der Waals surface area contributed by atoms with E-state index in [0.29, 0.717) is 12.8 Å². The van der Waals surface area contributed by atoms with Crippen molar-refractivity contribution in [3.05, 3.63) is 36.5 Å². The lowest BCUT2D eigenvalue weighted by Gasteiger charge is -2.24. The molecule has 9 nitrogen and oxygen atoms in total. The second kappa shape index (κ2) is 33.2. The van der Waals surface area contributed by atoms with Crippen molar-refractivity contribution in [2.75, 3.05) is 19.8 Å². The molecule has 276 valence electrons. The molecule has 0 heterocycles. The zero-order valence-electron chi connectivity index (χ0n) is 29.9. The van der Waals surface area contributed by atoms with Crippen LogP contribution in [0, 0.1) is 0 Å². The van der Waals surface area contributed by atoms with Crippen molar-refractivity contribution in [2.24, 2.45) is 5.73 Å². The summed E-state index contributed by atoms with van der Waals surface area (Å²) in [6.45, 7) is 3.85. The monoisotopic (exact) mass is 686 g/mol. The van der Waals surface area contributed by atoms with Gasteiger partial charge < -0.3 is 26.2 Å². The molecule has 0 aliphatic heterocycles. The summed E-state index contributed by atoms with van der Waals surface area (Å²) in [5.74, 6) is -0.473. The molecular formula is C37H71N2O7P. The number of nitrogens with two attached hydrogens (primary N) is 1. The molecule has 0 aromatic carbocycles. The van der Waals surface area contributed by atoms with Gasteiger partial charge in [-0.3, -0.25) is 13.8 Å². The molecule has 0 radical (unpaired) electrons. The highest BCUT2D eigenvalue weighted by molar-refractivity contribution is 7.47. The van der Waals surface area contributed by atoms with E-state index < -0.39 is 38.6 Å². The molecule has 6 N–H and O–H groups in total. The lowest BCUT2D eigenvalue weighted by atomic mass is 10.1. The van der Waals surface area contributed by atoms with E-state index >= 15 is 0 Å². The normalized spacial score (nSPS) is 15.4. The van der Waals surface area contributed by atoms with E-state index in [-0.39, 0.29) is 19.6 Å². The van der Waals surface area contributed by atoms with Crippen LogP contribution < -0.4 is 11.1 Å². The van der Waals surface area contributed by atoms with Crippen LogP contribution in [0.5, 0.6) is 0 Å². The van der Waals surface area contributed by atoms with E-state index in [1.165, 1.54) is 83.5 Å². The number of carbonyl (C=O) groups excluding carboxylic acids is 1. The third-order valence-electron chi connectivity index (χ3n) is 7.99. The van der Waals surface area contributed by atoms with Gasteiger partial charge in [0, 0.05) is 6.54 Å². The van der Waals surface area contributed by atoms with Crippen LogP contribution in [0.15, 0.2) is 36.5 Å². The van der Waals surface area contributed by atoms with Crippen molar-refractivity contribution < 1.29 is 33.5 Å². The number of nitrogens with one attached hydrogen (secondary N) is 1. The third-order valence-corrected chi connectivity index (χ3v) is 8.98. The number of allylic oxidation sites excluding steroid dienone is 5. The van der Waals surface area contributed by atoms with Gasteiger partial charge in [0.2, 0.25) is 5.91 Å². The van der Waals surface area contributed by atoms with E-state index in [1.54, 1.807) is 6.08 Å². The number of aliphatic hydroxyl groups is 2. The molecule has 0 bridgehead atoms. The molecule has 0 aliphatic rings. The largest absolute Gasteiger partial charge is 0.472 e. The second-order valence-corrected chi connectivity index (χ2v) is 14.1. The Morgan fingerprint density at radius 2 is 1.23 bits per heavy atom. The molecule has 0 saturated heterocycles. The molecule has 0 saturated carbocycles. The average Bonchev–Trinajstić information content (AvgIpc) is 3.04. The van der Waals surface area contributed by atoms with Gasteiger partial charge in [0.15, 0.2) is 0 Å². The fraction of sp³-hybridized carbons (Fsp3) is 0.811.